The number of fused-ring (bicyclic) bond motifs is 1. The number of aliphatic carboxylic acids is 1. The third kappa shape index (κ3) is 2.90. The van der Waals surface area contributed by atoms with E-state index in [0.29, 0.717) is 24.4 Å². The van der Waals surface area contributed by atoms with Crippen molar-refractivity contribution in [1.82, 2.24) is 10.2 Å². The molecule has 1 aromatic rings. The largest absolute Gasteiger partial charge is 0.477 e. The Balaban J connectivity index is 1.55. The highest BCUT2D eigenvalue weighted by Crippen LogP contribution is 2.36. The van der Waals surface area contributed by atoms with Crippen molar-refractivity contribution in [2.75, 3.05) is 12.3 Å². The maximum absolute atomic E-state index is 12.0. The Morgan fingerprint density at radius 1 is 1.33 bits per heavy atom. The Labute approximate surface area is 127 Å². The second-order valence-electron chi connectivity index (χ2n) is 5.11. The molecule has 1 saturated heterocycles. The fourth-order valence-electron chi connectivity index (χ4n) is 2.64. The summed E-state index contributed by atoms with van der Waals surface area (Å²) in [6, 6.07) is 9.61. The summed E-state index contributed by atoms with van der Waals surface area (Å²) in [5.74, 6) is -0.236. The lowest BCUT2D eigenvalue weighted by Gasteiger charge is -2.50. The summed E-state index contributed by atoms with van der Waals surface area (Å²) in [7, 11) is 0. The predicted molar refractivity (Wildman–Crippen MR) is 80.7 cm³/mol. The maximum atomic E-state index is 12.0. The average molecular weight is 304 g/mol. The van der Waals surface area contributed by atoms with E-state index in [2.05, 4.69) is 5.32 Å². The first-order valence-corrected chi connectivity index (χ1v) is 7.85. The van der Waals surface area contributed by atoms with Gasteiger partial charge in [-0.2, -0.15) is 0 Å². The van der Waals surface area contributed by atoms with E-state index in [1.54, 1.807) is 17.8 Å². The molecule has 0 aliphatic carbocycles. The number of carbonyl (C=O) groups excluding carboxylic acids is 1. The van der Waals surface area contributed by atoms with Gasteiger partial charge in [0.25, 0.3) is 0 Å². The lowest BCUT2D eigenvalue weighted by molar-refractivity contribution is -0.135. The molecular weight excluding hydrogens is 288 g/mol. The Morgan fingerprint density at radius 2 is 2.10 bits per heavy atom. The van der Waals surface area contributed by atoms with Crippen molar-refractivity contribution in [3.8, 4) is 0 Å². The minimum absolute atomic E-state index is 0.0159. The van der Waals surface area contributed by atoms with Gasteiger partial charge in [0.15, 0.2) is 0 Å². The summed E-state index contributed by atoms with van der Waals surface area (Å²) in [5.41, 5.74) is 1.33. The van der Waals surface area contributed by atoms with E-state index in [0.717, 1.165) is 5.56 Å². The number of carboxylic acids is 1. The lowest BCUT2D eigenvalue weighted by Crippen LogP contribution is -2.66. The number of hydrogen-bond donors (Lipinski definition) is 2. The van der Waals surface area contributed by atoms with Crippen molar-refractivity contribution < 1.29 is 14.7 Å². The van der Waals surface area contributed by atoms with Crippen LogP contribution >= 0.6 is 11.8 Å². The van der Waals surface area contributed by atoms with Gasteiger partial charge in [-0.1, -0.05) is 30.3 Å². The van der Waals surface area contributed by atoms with Crippen LogP contribution < -0.4 is 5.32 Å². The molecule has 110 valence electrons. The van der Waals surface area contributed by atoms with Crippen molar-refractivity contribution in [2.45, 2.75) is 17.8 Å². The van der Waals surface area contributed by atoms with Crippen LogP contribution in [-0.4, -0.2) is 45.6 Å². The number of nitrogens with one attached hydrogen (secondary N) is 1. The van der Waals surface area contributed by atoms with Gasteiger partial charge in [0.1, 0.15) is 5.70 Å². The van der Waals surface area contributed by atoms with Gasteiger partial charge in [0.2, 0.25) is 5.91 Å². The van der Waals surface area contributed by atoms with Crippen molar-refractivity contribution in [1.29, 1.82) is 0 Å². The van der Waals surface area contributed by atoms with E-state index >= 15 is 0 Å². The van der Waals surface area contributed by atoms with Gasteiger partial charge in [-0.3, -0.25) is 4.79 Å². The van der Waals surface area contributed by atoms with Crippen LogP contribution in [0.1, 0.15) is 5.56 Å². The molecule has 1 fully saturated rings. The van der Waals surface area contributed by atoms with Gasteiger partial charge in [0, 0.05) is 12.3 Å². The van der Waals surface area contributed by atoms with Gasteiger partial charge < -0.3 is 15.3 Å². The van der Waals surface area contributed by atoms with Gasteiger partial charge in [-0.25, -0.2) is 4.79 Å². The van der Waals surface area contributed by atoms with Crippen molar-refractivity contribution in [3.63, 3.8) is 0 Å². The van der Waals surface area contributed by atoms with Crippen LogP contribution in [0, 0.1) is 0 Å². The van der Waals surface area contributed by atoms with Crippen molar-refractivity contribution in [3.05, 3.63) is 47.7 Å². The van der Waals surface area contributed by atoms with Gasteiger partial charge in [0.05, 0.1) is 17.8 Å². The number of amides is 1. The maximum Gasteiger partial charge on any atom is 0.351 e. The molecule has 3 rings (SSSR count). The Bertz CT molecular complexity index is 588. The first-order valence-electron chi connectivity index (χ1n) is 6.80. The van der Waals surface area contributed by atoms with Gasteiger partial charge in [-0.15, -0.1) is 11.8 Å². The summed E-state index contributed by atoms with van der Waals surface area (Å²) < 4.78 is 0. The van der Waals surface area contributed by atoms with E-state index in [-0.39, 0.29) is 17.3 Å². The highest BCUT2D eigenvalue weighted by Gasteiger charge is 2.44. The SMILES string of the molecule is O=C(Cc1ccccc1)NC1CN2C(C(=O)O)=CCSC12. The van der Waals surface area contributed by atoms with Gasteiger partial charge >= 0.3 is 5.97 Å². The average Bonchev–Trinajstić information content (AvgIpc) is 2.45. The summed E-state index contributed by atoms with van der Waals surface area (Å²) >= 11 is 1.66. The number of benzene rings is 1. The van der Waals surface area contributed by atoms with E-state index < -0.39 is 5.97 Å². The number of carbonyl (C=O) groups is 2. The molecule has 2 aliphatic heterocycles. The monoisotopic (exact) mass is 304 g/mol. The fourth-order valence-corrected chi connectivity index (χ4v) is 3.85. The first-order chi connectivity index (χ1) is 10.1. The van der Waals surface area contributed by atoms with Crippen LogP contribution in [0.2, 0.25) is 0 Å². The topological polar surface area (TPSA) is 69.6 Å². The van der Waals surface area contributed by atoms with E-state index in [1.165, 1.54) is 0 Å². The first kappa shape index (κ1) is 14.0. The summed E-state index contributed by atoms with van der Waals surface area (Å²) in [4.78, 5) is 25.0. The predicted octanol–water partition coefficient (Wildman–Crippen LogP) is 1.07. The zero-order valence-electron chi connectivity index (χ0n) is 11.4. The summed E-state index contributed by atoms with van der Waals surface area (Å²) in [6.07, 6.45) is 2.09. The molecule has 1 amide bonds. The third-order valence-corrected chi connectivity index (χ3v) is 4.95. The molecule has 0 bridgehead atoms. The Kier molecular flexibility index (Phi) is 3.88. The van der Waals surface area contributed by atoms with Gasteiger partial charge in [-0.05, 0) is 11.6 Å². The number of thioether (sulfide) groups is 1. The molecule has 5 nitrogen and oxygen atoms in total. The number of carboxylic acid groups (broad SMARTS) is 1. The fraction of sp³-hybridized carbons (Fsp3) is 0.333. The molecule has 2 N–H and O–H groups in total. The number of nitrogens with zero attached hydrogens (tertiary/aromatic N) is 1. The molecule has 0 saturated carbocycles. The molecule has 0 aromatic heterocycles. The van der Waals surface area contributed by atoms with E-state index in [9.17, 15) is 9.59 Å². The minimum atomic E-state index is -0.894. The van der Waals surface area contributed by atoms with Crippen LogP contribution in [0.3, 0.4) is 0 Å². The van der Waals surface area contributed by atoms with Crippen LogP contribution in [-0.2, 0) is 16.0 Å². The normalized spacial score (nSPS) is 23.6. The minimum Gasteiger partial charge on any atom is -0.477 e. The number of hydrogen-bond acceptors (Lipinski definition) is 4. The molecule has 0 radical (unpaired) electrons. The highest BCUT2D eigenvalue weighted by molar-refractivity contribution is 8.00. The third-order valence-electron chi connectivity index (χ3n) is 3.67. The molecule has 2 aliphatic rings. The smallest absolute Gasteiger partial charge is 0.351 e. The molecular formula is C15H16N2O3S. The Morgan fingerprint density at radius 3 is 2.81 bits per heavy atom. The molecule has 2 unspecified atom stereocenters. The summed E-state index contributed by atoms with van der Waals surface area (Å²) in [6.45, 7) is 0.566. The van der Waals surface area contributed by atoms with Crippen LogP contribution in [0.15, 0.2) is 42.1 Å². The zero-order chi connectivity index (χ0) is 14.8. The quantitative estimate of drug-likeness (QED) is 0.871. The van der Waals surface area contributed by atoms with Crippen molar-refractivity contribution >= 4 is 23.6 Å². The molecule has 1 aromatic carbocycles. The Hall–Kier alpha value is -1.95. The lowest BCUT2D eigenvalue weighted by atomic mass is 10.1. The van der Waals surface area contributed by atoms with Crippen LogP contribution in [0.5, 0.6) is 0 Å². The van der Waals surface area contributed by atoms with Crippen molar-refractivity contribution in [2.24, 2.45) is 0 Å². The number of rotatable bonds is 4. The van der Waals surface area contributed by atoms with Crippen LogP contribution in [0.25, 0.3) is 0 Å². The molecule has 2 atom stereocenters. The highest BCUT2D eigenvalue weighted by atomic mass is 32.2. The molecule has 21 heavy (non-hydrogen) atoms. The summed E-state index contributed by atoms with van der Waals surface area (Å²) in [5, 5.41) is 12.2. The zero-order valence-corrected chi connectivity index (χ0v) is 12.2. The van der Waals surface area contributed by atoms with E-state index in [4.69, 9.17) is 5.11 Å². The molecule has 0 spiro atoms. The standard InChI is InChI=1S/C15H16N2O3S/c18-13(8-10-4-2-1-3-5-10)16-11-9-17-12(15(19)20)6-7-21-14(11)17/h1-6,11,14H,7-9H2,(H,16,18)(H,19,20). The molecule has 2 heterocycles. The second-order valence-corrected chi connectivity index (χ2v) is 6.26. The van der Waals surface area contributed by atoms with Crippen LogP contribution in [0.4, 0.5) is 0 Å². The molecule has 6 heteroatoms. The second kappa shape index (κ2) is 5.81. The van der Waals surface area contributed by atoms with E-state index in [1.807, 2.05) is 35.2 Å².